The summed E-state index contributed by atoms with van der Waals surface area (Å²) in [6, 6.07) is 22.5. The Hall–Kier alpha value is -4.20. The van der Waals surface area contributed by atoms with Crippen molar-refractivity contribution >= 4 is 28.7 Å². The summed E-state index contributed by atoms with van der Waals surface area (Å²) in [5.41, 5.74) is 5.15. The van der Waals surface area contributed by atoms with Gasteiger partial charge in [-0.25, -0.2) is 0 Å². The van der Waals surface area contributed by atoms with Crippen LogP contribution in [0, 0.1) is 10.1 Å². The number of carbonyl (C=O) groups is 1. The van der Waals surface area contributed by atoms with Gasteiger partial charge in [-0.15, -0.1) is 0 Å². The molecule has 0 saturated carbocycles. The number of benzene rings is 3. The second kappa shape index (κ2) is 9.83. The molecule has 0 saturated heterocycles. The van der Waals surface area contributed by atoms with Crippen LogP contribution in [-0.2, 0) is 4.79 Å². The van der Waals surface area contributed by atoms with Crippen molar-refractivity contribution in [1.82, 2.24) is 0 Å². The minimum absolute atomic E-state index is 0.0495. The predicted molar refractivity (Wildman–Crippen MR) is 116 cm³/mol. The van der Waals surface area contributed by atoms with Crippen LogP contribution in [0.2, 0.25) is 0 Å². The van der Waals surface area contributed by atoms with Gasteiger partial charge in [-0.05, 0) is 55.0 Å². The molecule has 8 heteroatoms. The second-order valence-electron chi connectivity index (χ2n) is 6.31. The van der Waals surface area contributed by atoms with Gasteiger partial charge in [-0.2, -0.15) is 5.10 Å². The van der Waals surface area contributed by atoms with Crippen molar-refractivity contribution < 1.29 is 14.5 Å². The van der Waals surface area contributed by atoms with E-state index >= 15 is 0 Å². The molecule has 0 spiro atoms. The van der Waals surface area contributed by atoms with Gasteiger partial charge in [-0.1, -0.05) is 30.3 Å². The van der Waals surface area contributed by atoms with Gasteiger partial charge in [0.2, 0.25) is 0 Å². The van der Waals surface area contributed by atoms with Crippen molar-refractivity contribution in [3.05, 3.63) is 94.5 Å². The summed E-state index contributed by atoms with van der Waals surface area (Å²) in [5, 5.41) is 18.0. The molecule has 8 nitrogen and oxygen atoms in total. The summed E-state index contributed by atoms with van der Waals surface area (Å²) in [7, 11) is 0. The van der Waals surface area contributed by atoms with Gasteiger partial charge in [0.1, 0.15) is 11.4 Å². The molecule has 3 rings (SSSR count). The SMILES string of the molecule is C/C(=N/Nc1ccccc1[N+](=O)[O-])c1ccc(OCC(=O)Nc2ccccc2)cc1. The van der Waals surface area contributed by atoms with Crippen LogP contribution >= 0.6 is 0 Å². The first-order chi connectivity index (χ1) is 14.5. The molecule has 0 heterocycles. The number of rotatable bonds is 8. The Labute approximate surface area is 173 Å². The van der Waals surface area contributed by atoms with Gasteiger partial charge >= 0.3 is 0 Å². The molecule has 1 amide bonds. The van der Waals surface area contributed by atoms with Crippen molar-refractivity contribution in [3.63, 3.8) is 0 Å². The van der Waals surface area contributed by atoms with E-state index < -0.39 is 4.92 Å². The number of hydrazone groups is 1. The van der Waals surface area contributed by atoms with Crippen LogP contribution in [0.15, 0.2) is 84.0 Å². The molecule has 0 atom stereocenters. The number of carbonyl (C=O) groups excluding carboxylic acids is 1. The highest BCUT2D eigenvalue weighted by atomic mass is 16.6. The number of nitrogens with one attached hydrogen (secondary N) is 2. The number of hydrogen-bond donors (Lipinski definition) is 2. The Kier molecular flexibility index (Phi) is 6.73. The summed E-state index contributed by atoms with van der Waals surface area (Å²) < 4.78 is 5.50. The molecule has 2 N–H and O–H groups in total. The number of ether oxygens (including phenoxy) is 1. The van der Waals surface area contributed by atoms with Gasteiger partial charge in [0.15, 0.2) is 6.61 Å². The molecule has 0 bridgehead atoms. The fourth-order valence-electron chi connectivity index (χ4n) is 2.60. The number of nitro benzene ring substituents is 1. The molecular weight excluding hydrogens is 384 g/mol. The standard InChI is InChI=1S/C22H20N4O4/c1-16(24-25-20-9-5-6-10-21(20)26(28)29)17-11-13-19(14-12-17)30-15-22(27)23-18-7-3-2-4-8-18/h2-14,25H,15H2,1H3,(H,23,27)/b24-16-. The van der Waals surface area contributed by atoms with E-state index in [2.05, 4.69) is 15.8 Å². The molecule has 0 fully saturated rings. The lowest BCUT2D eigenvalue weighted by Gasteiger charge is -2.08. The minimum Gasteiger partial charge on any atom is -0.484 e. The number of nitrogens with zero attached hydrogens (tertiary/aromatic N) is 2. The van der Waals surface area contributed by atoms with Crippen LogP contribution in [0.1, 0.15) is 12.5 Å². The number of para-hydroxylation sites is 3. The number of nitro groups is 1. The molecule has 152 valence electrons. The predicted octanol–water partition coefficient (Wildman–Crippen LogP) is 4.45. The molecule has 0 aliphatic heterocycles. The van der Waals surface area contributed by atoms with Crippen molar-refractivity contribution in [3.8, 4) is 5.75 Å². The number of anilines is 2. The maximum Gasteiger partial charge on any atom is 0.294 e. The zero-order valence-electron chi connectivity index (χ0n) is 16.2. The molecule has 3 aromatic carbocycles. The third kappa shape index (κ3) is 5.65. The topological polar surface area (TPSA) is 106 Å². The van der Waals surface area contributed by atoms with Gasteiger partial charge < -0.3 is 10.1 Å². The lowest BCUT2D eigenvalue weighted by atomic mass is 10.1. The highest BCUT2D eigenvalue weighted by Crippen LogP contribution is 2.23. The van der Waals surface area contributed by atoms with Crippen LogP contribution in [0.3, 0.4) is 0 Å². The van der Waals surface area contributed by atoms with Crippen LogP contribution in [0.25, 0.3) is 0 Å². The Balaban J connectivity index is 1.56. The van der Waals surface area contributed by atoms with E-state index in [0.29, 0.717) is 22.8 Å². The highest BCUT2D eigenvalue weighted by Gasteiger charge is 2.11. The van der Waals surface area contributed by atoms with Crippen LogP contribution in [-0.4, -0.2) is 23.1 Å². The molecule has 0 radical (unpaired) electrons. The largest absolute Gasteiger partial charge is 0.484 e. The fourth-order valence-corrected chi connectivity index (χ4v) is 2.60. The van der Waals surface area contributed by atoms with Gasteiger partial charge in [-0.3, -0.25) is 20.3 Å². The van der Waals surface area contributed by atoms with E-state index in [1.807, 2.05) is 18.2 Å². The van der Waals surface area contributed by atoms with Gasteiger partial charge in [0.05, 0.1) is 10.6 Å². The molecule has 0 aliphatic carbocycles. The first-order valence-electron chi connectivity index (χ1n) is 9.15. The number of hydrogen-bond acceptors (Lipinski definition) is 6. The minimum atomic E-state index is -0.465. The van der Waals surface area contributed by atoms with E-state index in [9.17, 15) is 14.9 Å². The highest BCUT2D eigenvalue weighted by molar-refractivity contribution is 5.99. The summed E-state index contributed by atoms with van der Waals surface area (Å²) in [6.07, 6.45) is 0. The van der Waals surface area contributed by atoms with Crippen LogP contribution < -0.4 is 15.5 Å². The van der Waals surface area contributed by atoms with Crippen LogP contribution in [0.5, 0.6) is 5.75 Å². The van der Waals surface area contributed by atoms with E-state index in [4.69, 9.17) is 4.74 Å². The van der Waals surface area contributed by atoms with Crippen molar-refractivity contribution in [2.24, 2.45) is 5.10 Å². The Morgan fingerprint density at radius 3 is 2.37 bits per heavy atom. The van der Waals surface area contributed by atoms with Crippen molar-refractivity contribution in [1.29, 1.82) is 0 Å². The summed E-state index contributed by atoms with van der Waals surface area (Å²) in [5.74, 6) is 0.290. The molecule has 0 aromatic heterocycles. The molecule has 30 heavy (non-hydrogen) atoms. The smallest absolute Gasteiger partial charge is 0.294 e. The molecule has 0 aliphatic rings. The second-order valence-corrected chi connectivity index (χ2v) is 6.31. The van der Waals surface area contributed by atoms with Crippen molar-refractivity contribution in [2.45, 2.75) is 6.92 Å². The summed E-state index contributed by atoms with van der Waals surface area (Å²) in [6.45, 7) is 1.67. The lowest BCUT2D eigenvalue weighted by Crippen LogP contribution is -2.20. The van der Waals surface area contributed by atoms with E-state index in [0.717, 1.165) is 5.56 Å². The van der Waals surface area contributed by atoms with E-state index in [1.165, 1.54) is 6.07 Å². The average Bonchev–Trinajstić information content (AvgIpc) is 2.77. The maximum absolute atomic E-state index is 11.9. The first-order valence-corrected chi connectivity index (χ1v) is 9.15. The summed E-state index contributed by atoms with van der Waals surface area (Å²) >= 11 is 0. The van der Waals surface area contributed by atoms with Gasteiger partial charge in [0.25, 0.3) is 11.6 Å². The van der Waals surface area contributed by atoms with Gasteiger partial charge in [0, 0.05) is 11.8 Å². The fraction of sp³-hybridized carbons (Fsp3) is 0.0909. The normalized spacial score (nSPS) is 10.9. The Morgan fingerprint density at radius 2 is 1.67 bits per heavy atom. The average molecular weight is 404 g/mol. The summed E-state index contributed by atoms with van der Waals surface area (Å²) in [4.78, 5) is 22.5. The number of amides is 1. The van der Waals surface area contributed by atoms with E-state index in [1.54, 1.807) is 61.5 Å². The van der Waals surface area contributed by atoms with Crippen LogP contribution in [0.4, 0.5) is 17.1 Å². The quantitative estimate of drug-likeness (QED) is 0.328. The lowest BCUT2D eigenvalue weighted by molar-refractivity contribution is -0.384. The Morgan fingerprint density at radius 1 is 1.00 bits per heavy atom. The molecular formula is C22H20N4O4. The van der Waals surface area contributed by atoms with Crippen molar-refractivity contribution in [2.75, 3.05) is 17.3 Å². The molecule has 3 aromatic rings. The zero-order chi connectivity index (χ0) is 21.3. The Bertz CT molecular complexity index is 1050. The first kappa shape index (κ1) is 20.5. The third-order valence-electron chi connectivity index (χ3n) is 4.14. The zero-order valence-corrected chi connectivity index (χ0v) is 16.2. The molecule has 0 unspecified atom stereocenters. The van der Waals surface area contributed by atoms with E-state index in [-0.39, 0.29) is 18.2 Å². The maximum atomic E-state index is 11.9. The third-order valence-corrected chi connectivity index (χ3v) is 4.14. The monoisotopic (exact) mass is 404 g/mol.